The highest BCUT2D eigenvalue weighted by Gasteiger charge is 1.98. The van der Waals surface area contributed by atoms with Crippen LogP contribution in [0.15, 0.2) is 11.6 Å². The van der Waals surface area contributed by atoms with Gasteiger partial charge in [0, 0.05) is 0 Å². The van der Waals surface area contributed by atoms with E-state index in [1.165, 1.54) is 161 Å². The van der Waals surface area contributed by atoms with Crippen molar-refractivity contribution in [1.82, 2.24) is 0 Å². The van der Waals surface area contributed by atoms with Crippen LogP contribution < -0.4 is 0 Å². The summed E-state index contributed by atoms with van der Waals surface area (Å²) in [6.07, 6.45) is 40.2. The molecular weight excluding hydrogens is 400 g/mol. The van der Waals surface area contributed by atoms with Crippen molar-refractivity contribution in [3.63, 3.8) is 0 Å². The first-order chi connectivity index (χ1) is 16.3. The molecule has 0 N–H and O–H groups in total. The first-order valence-corrected chi connectivity index (χ1v) is 15.5. The first-order valence-electron chi connectivity index (χ1n) is 15.5. The van der Waals surface area contributed by atoms with E-state index in [4.69, 9.17) is 0 Å². The van der Waals surface area contributed by atoms with Crippen molar-refractivity contribution in [2.75, 3.05) is 0 Å². The fourth-order valence-corrected chi connectivity index (χ4v) is 4.83. The van der Waals surface area contributed by atoms with Gasteiger partial charge in [0.25, 0.3) is 0 Å². The SMILES string of the molecule is CCCCCCCCCCCCCC/C=C(/C=O)CCCCCCCCCCCCCCC. The maximum absolute atomic E-state index is 11.3. The van der Waals surface area contributed by atoms with E-state index < -0.39 is 0 Å². The predicted octanol–water partition coefficient (Wildman–Crippen LogP) is 11.7. The fourth-order valence-electron chi connectivity index (χ4n) is 4.83. The van der Waals surface area contributed by atoms with Crippen molar-refractivity contribution in [1.29, 1.82) is 0 Å². The van der Waals surface area contributed by atoms with Gasteiger partial charge in [-0.15, -0.1) is 0 Å². The quantitative estimate of drug-likeness (QED) is 0.0641. The third-order valence-corrected chi connectivity index (χ3v) is 7.18. The second-order valence-corrected chi connectivity index (χ2v) is 10.6. The Balaban J connectivity index is 3.36. The zero-order valence-corrected chi connectivity index (χ0v) is 23.2. The zero-order valence-electron chi connectivity index (χ0n) is 23.2. The van der Waals surface area contributed by atoms with Crippen LogP contribution in [0.5, 0.6) is 0 Å². The fraction of sp³-hybridized carbons (Fsp3) is 0.906. The molecular formula is C32H62O. The molecule has 0 aliphatic heterocycles. The molecule has 0 atom stereocenters. The van der Waals surface area contributed by atoms with Crippen LogP contribution in [-0.4, -0.2) is 6.29 Å². The van der Waals surface area contributed by atoms with Gasteiger partial charge >= 0.3 is 0 Å². The lowest BCUT2D eigenvalue weighted by Gasteiger charge is -2.04. The highest BCUT2D eigenvalue weighted by Crippen LogP contribution is 2.16. The van der Waals surface area contributed by atoms with Crippen molar-refractivity contribution in [3.05, 3.63) is 11.6 Å². The summed E-state index contributed by atoms with van der Waals surface area (Å²) in [5, 5.41) is 0. The smallest absolute Gasteiger partial charge is 0.145 e. The molecule has 0 unspecified atom stereocenters. The molecule has 0 radical (unpaired) electrons. The van der Waals surface area contributed by atoms with E-state index in [9.17, 15) is 4.79 Å². The molecule has 0 fully saturated rings. The Bertz CT molecular complexity index is 397. The summed E-state index contributed by atoms with van der Waals surface area (Å²) < 4.78 is 0. The molecule has 0 aromatic heterocycles. The topological polar surface area (TPSA) is 17.1 Å². The van der Waals surface area contributed by atoms with Crippen LogP contribution in [0.1, 0.15) is 187 Å². The summed E-state index contributed by atoms with van der Waals surface area (Å²) >= 11 is 0. The normalized spacial score (nSPS) is 11.9. The average molecular weight is 463 g/mol. The van der Waals surface area contributed by atoms with Crippen LogP contribution in [-0.2, 0) is 4.79 Å². The van der Waals surface area contributed by atoms with E-state index in [0.29, 0.717) is 0 Å². The molecule has 0 saturated heterocycles. The third-order valence-electron chi connectivity index (χ3n) is 7.18. The van der Waals surface area contributed by atoms with Crippen LogP contribution >= 0.6 is 0 Å². The summed E-state index contributed by atoms with van der Waals surface area (Å²) in [6.45, 7) is 4.58. The number of rotatable bonds is 28. The largest absolute Gasteiger partial charge is 0.298 e. The van der Waals surface area contributed by atoms with Gasteiger partial charge in [0.15, 0.2) is 0 Å². The molecule has 0 aliphatic rings. The van der Waals surface area contributed by atoms with Crippen molar-refractivity contribution in [2.45, 2.75) is 187 Å². The summed E-state index contributed by atoms with van der Waals surface area (Å²) in [5.74, 6) is 0. The van der Waals surface area contributed by atoms with E-state index in [-0.39, 0.29) is 0 Å². The van der Waals surface area contributed by atoms with Crippen molar-refractivity contribution in [2.24, 2.45) is 0 Å². The number of hydrogen-bond acceptors (Lipinski definition) is 1. The van der Waals surface area contributed by atoms with Gasteiger partial charge in [0.05, 0.1) is 0 Å². The lowest BCUT2D eigenvalue weighted by atomic mass is 10.0. The molecule has 0 bridgehead atoms. The van der Waals surface area contributed by atoms with Gasteiger partial charge in [-0.2, -0.15) is 0 Å². The van der Waals surface area contributed by atoms with Gasteiger partial charge in [-0.1, -0.05) is 168 Å². The van der Waals surface area contributed by atoms with Crippen molar-refractivity contribution in [3.8, 4) is 0 Å². The summed E-state index contributed by atoms with van der Waals surface area (Å²) in [4.78, 5) is 11.3. The van der Waals surface area contributed by atoms with E-state index in [2.05, 4.69) is 19.9 Å². The van der Waals surface area contributed by atoms with E-state index in [0.717, 1.165) is 24.7 Å². The number of unbranched alkanes of at least 4 members (excludes halogenated alkanes) is 24. The second kappa shape index (κ2) is 29.4. The molecule has 0 aliphatic carbocycles. The van der Waals surface area contributed by atoms with Crippen LogP contribution in [0.4, 0.5) is 0 Å². The average Bonchev–Trinajstić information content (AvgIpc) is 2.83. The molecule has 0 aromatic rings. The van der Waals surface area contributed by atoms with Gasteiger partial charge in [0.1, 0.15) is 6.29 Å². The summed E-state index contributed by atoms with van der Waals surface area (Å²) in [5.41, 5.74) is 1.06. The highest BCUT2D eigenvalue weighted by molar-refractivity contribution is 5.72. The minimum Gasteiger partial charge on any atom is -0.298 e. The Morgan fingerprint density at radius 1 is 0.424 bits per heavy atom. The molecule has 0 saturated carbocycles. The van der Waals surface area contributed by atoms with Gasteiger partial charge in [-0.05, 0) is 31.3 Å². The van der Waals surface area contributed by atoms with Gasteiger partial charge < -0.3 is 0 Å². The molecule has 0 amide bonds. The lowest BCUT2D eigenvalue weighted by molar-refractivity contribution is -0.105. The molecule has 0 aromatic carbocycles. The molecule has 1 nitrogen and oxygen atoms in total. The van der Waals surface area contributed by atoms with E-state index >= 15 is 0 Å². The maximum Gasteiger partial charge on any atom is 0.145 e. The number of aldehydes is 1. The molecule has 0 rings (SSSR count). The van der Waals surface area contributed by atoms with E-state index in [1.54, 1.807) is 0 Å². The predicted molar refractivity (Wildman–Crippen MR) is 150 cm³/mol. The minimum atomic E-state index is 1.000. The van der Waals surface area contributed by atoms with Gasteiger partial charge in [-0.25, -0.2) is 0 Å². The lowest BCUT2D eigenvalue weighted by Crippen LogP contribution is -1.88. The number of allylic oxidation sites excluding steroid dienone is 2. The Morgan fingerprint density at radius 3 is 1.06 bits per heavy atom. The molecule has 33 heavy (non-hydrogen) atoms. The molecule has 0 heterocycles. The second-order valence-electron chi connectivity index (χ2n) is 10.6. The zero-order chi connectivity index (χ0) is 24.1. The van der Waals surface area contributed by atoms with Crippen LogP contribution in [0, 0.1) is 0 Å². The molecule has 0 spiro atoms. The standard InChI is InChI=1S/C32H62O/c1-3-5-7-9-11-13-15-17-19-21-23-25-27-29-32(31-33)30-28-26-24-22-20-18-16-14-12-10-8-6-4-2/h29,31H,3-28,30H2,1-2H3/b32-29+. The minimum absolute atomic E-state index is 1.000. The highest BCUT2D eigenvalue weighted by atomic mass is 16.1. The molecule has 196 valence electrons. The number of carbonyl (C=O) groups is 1. The van der Waals surface area contributed by atoms with Crippen LogP contribution in [0.25, 0.3) is 0 Å². The van der Waals surface area contributed by atoms with Crippen LogP contribution in [0.2, 0.25) is 0 Å². The summed E-state index contributed by atoms with van der Waals surface area (Å²) in [7, 11) is 0. The Kier molecular flexibility index (Phi) is 28.9. The molecule has 1 heteroatoms. The summed E-state index contributed by atoms with van der Waals surface area (Å²) in [6, 6.07) is 0. The van der Waals surface area contributed by atoms with Crippen molar-refractivity contribution < 1.29 is 4.79 Å². The van der Waals surface area contributed by atoms with Gasteiger partial charge in [0.2, 0.25) is 0 Å². The Hall–Kier alpha value is -0.590. The van der Waals surface area contributed by atoms with Crippen LogP contribution in [0.3, 0.4) is 0 Å². The van der Waals surface area contributed by atoms with E-state index in [1.807, 2.05) is 0 Å². The van der Waals surface area contributed by atoms with Gasteiger partial charge in [-0.3, -0.25) is 4.79 Å². The third kappa shape index (κ3) is 27.5. The maximum atomic E-state index is 11.3. The van der Waals surface area contributed by atoms with Crippen molar-refractivity contribution >= 4 is 6.29 Å². The Morgan fingerprint density at radius 2 is 0.727 bits per heavy atom. The first kappa shape index (κ1) is 32.4. The number of carbonyl (C=O) groups excluding carboxylic acids is 1. The monoisotopic (exact) mass is 462 g/mol. The number of hydrogen-bond donors (Lipinski definition) is 0. The Labute approximate surface area is 210 Å².